The topological polar surface area (TPSA) is 21.8 Å². The summed E-state index contributed by atoms with van der Waals surface area (Å²) in [6.45, 7) is 1.46. The van der Waals surface area contributed by atoms with Crippen LogP contribution in [-0.4, -0.2) is 12.7 Å². The van der Waals surface area contributed by atoms with Gasteiger partial charge in [0.1, 0.15) is 12.4 Å². The van der Waals surface area contributed by atoms with Gasteiger partial charge in [-0.3, -0.25) is 0 Å². The predicted molar refractivity (Wildman–Crippen MR) is 88.2 cm³/mol. The second-order valence-electron chi connectivity index (χ2n) is 5.71. The van der Waals surface area contributed by atoms with Crippen LogP contribution in [0.1, 0.15) is 11.1 Å². The molecule has 4 rings (SSSR count). The van der Waals surface area contributed by atoms with Crippen molar-refractivity contribution in [1.29, 1.82) is 0 Å². The number of benzene rings is 3. The van der Waals surface area contributed by atoms with Crippen LogP contribution >= 0.6 is 0 Å². The van der Waals surface area contributed by atoms with Crippen molar-refractivity contribution in [1.82, 2.24) is 0 Å². The molecular formula is C20H18O2. The molecule has 0 saturated carbocycles. The van der Waals surface area contributed by atoms with E-state index in [0.717, 1.165) is 18.8 Å². The molecule has 3 aromatic rings. The van der Waals surface area contributed by atoms with E-state index < -0.39 is 0 Å². The Morgan fingerprint density at radius 3 is 2.50 bits per heavy atom. The van der Waals surface area contributed by atoms with Crippen LogP contribution in [0.5, 0.6) is 5.75 Å². The van der Waals surface area contributed by atoms with Crippen molar-refractivity contribution < 1.29 is 9.47 Å². The summed E-state index contributed by atoms with van der Waals surface area (Å²) >= 11 is 0. The minimum absolute atomic E-state index is 0.361. The van der Waals surface area contributed by atoms with Crippen molar-refractivity contribution in [2.24, 2.45) is 0 Å². The largest absolute Gasteiger partial charge is 0.488 e. The van der Waals surface area contributed by atoms with E-state index in [1.54, 1.807) is 0 Å². The molecule has 110 valence electrons. The molecular weight excluding hydrogens is 272 g/mol. The number of fused-ring (bicyclic) bond motifs is 1. The van der Waals surface area contributed by atoms with Crippen LogP contribution in [0, 0.1) is 0 Å². The maximum absolute atomic E-state index is 6.21. The molecule has 2 nitrogen and oxygen atoms in total. The monoisotopic (exact) mass is 290 g/mol. The fourth-order valence-corrected chi connectivity index (χ4v) is 2.78. The van der Waals surface area contributed by atoms with E-state index in [1.807, 2.05) is 18.2 Å². The van der Waals surface area contributed by atoms with Crippen LogP contribution in [0.4, 0.5) is 0 Å². The highest BCUT2D eigenvalue weighted by atomic mass is 16.6. The summed E-state index contributed by atoms with van der Waals surface area (Å²) in [6.07, 6.45) is 1.29. The molecule has 2 heteroatoms. The van der Waals surface area contributed by atoms with Gasteiger partial charge in [-0.25, -0.2) is 0 Å². The lowest BCUT2D eigenvalue weighted by Crippen LogP contribution is -2.02. The van der Waals surface area contributed by atoms with Gasteiger partial charge in [-0.05, 0) is 16.5 Å². The Balaban J connectivity index is 1.68. The zero-order chi connectivity index (χ0) is 14.8. The number of hydrogen-bond donors (Lipinski definition) is 0. The second-order valence-corrected chi connectivity index (χ2v) is 5.71. The van der Waals surface area contributed by atoms with Gasteiger partial charge in [0.15, 0.2) is 0 Å². The average molecular weight is 290 g/mol. The average Bonchev–Trinajstić information content (AvgIpc) is 3.39. The summed E-state index contributed by atoms with van der Waals surface area (Å²) in [5, 5.41) is 2.39. The van der Waals surface area contributed by atoms with Crippen LogP contribution in [0.2, 0.25) is 0 Å². The predicted octanol–water partition coefficient (Wildman–Crippen LogP) is 4.36. The van der Waals surface area contributed by atoms with Crippen LogP contribution in [0.3, 0.4) is 0 Å². The van der Waals surface area contributed by atoms with Crippen molar-refractivity contribution in [2.75, 3.05) is 6.61 Å². The zero-order valence-electron chi connectivity index (χ0n) is 12.4. The SMILES string of the molecule is c1ccc(COc2c(C[C@@H]3CO3)ccc3ccccc23)cc1. The van der Waals surface area contributed by atoms with Gasteiger partial charge < -0.3 is 9.47 Å². The summed E-state index contributed by atoms with van der Waals surface area (Å²) in [6, 6.07) is 23.0. The molecule has 0 amide bonds. The van der Waals surface area contributed by atoms with Gasteiger partial charge in [0.2, 0.25) is 0 Å². The van der Waals surface area contributed by atoms with E-state index >= 15 is 0 Å². The Labute approximate surface area is 130 Å². The molecule has 0 aromatic heterocycles. The van der Waals surface area contributed by atoms with E-state index in [2.05, 4.69) is 48.5 Å². The third kappa shape index (κ3) is 2.83. The highest BCUT2D eigenvalue weighted by molar-refractivity contribution is 5.89. The molecule has 0 spiro atoms. The van der Waals surface area contributed by atoms with Crippen LogP contribution in [0.25, 0.3) is 10.8 Å². The second kappa shape index (κ2) is 5.82. The molecule has 1 fully saturated rings. The van der Waals surface area contributed by atoms with Crippen molar-refractivity contribution in [3.63, 3.8) is 0 Å². The van der Waals surface area contributed by atoms with Gasteiger partial charge in [-0.15, -0.1) is 0 Å². The standard InChI is InChI=1S/C20H18O2/c1-2-6-15(7-3-1)13-22-20-17(12-18-14-21-18)11-10-16-8-4-5-9-19(16)20/h1-11,18H,12-14H2/t18-/m1/s1. The molecule has 22 heavy (non-hydrogen) atoms. The van der Waals surface area contributed by atoms with E-state index in [0.29, 0.717) is 12.7 Å². The Hall–Kier alpha value is -2.32. The fraction of sp³-hybridized carbons (Fsp3) is 0.200. The number of hydrogen-bond acceptors (Lipinski definition) is 2. The van der Waals surface area contributed by atoms with Gasteiger partial charge >= 0.3 is 0 Å². The third-order valence-corrected chi connectivity index (χ3v) is 4.04. The van der Waals surface area contributed by atoms with Crippen molar-refractivity contribution in [3.05, 3.63) is 77.9 Å². The molecule has 0 unspecified atom stereocenters. The van der Waals surface area contributed by atoms with Crippen molar-refractivity contribution in [2.45, 2.75) is 19.1 Å². The number of epoxide rings is 1. The quantitative estimate of drug-likeness (QED) is 0.651. The summed E-state index contributed by atoms with van der Waals surface area (Å²) in [4.78, 5) is 0. The smallest absolute Gasteiger partial charge is 0.130 e. The van der Waals surface area contributed by atoms with Crippen LogP contribution < -0.4 is 4.74 Å². The minimum Gasteiger partial charge on any atom is -0.488 e. The van der Waals surface area contributed by atoms with Crippen LogP contribution in [0.15, 0.2) is 66.7 Å². The maximum Gasteiger partial charge on any atom is 0.130 e. The molecule has 1 heterocycles. The summed E-state index contributed by atoms with van der Waals surface area (Å²) < 4.78 is 11.6. The van der Waals surface area contributed by atoms with Gasteiger partial charge in [-0.2, -0.15) is 0 Å². The first-order chi connectivity index (χ1) is 10.9. The molecule has 0 bridgehead atoms. The number of ether oxygens (including phenoxy) is 2. The lowest BCUT2D eigenvalue weighted by molar-refractivity contribution is 0.305. The van der Waals surface area contributed by atoms with Gasteiger partial charge in [0.05, 0.1) is 12.7 Å². The van der Waals surface area contributed by atoms with Crippen LogP contribution in [-0.2, 0) is 17.8 Å². The molecule has 1 aliphatic rings. The first-order valence-corrected chi connectivity index (χ1v) is 7.69. The molecule has 3 aromatic carbocycles. The summed E-state index contributed by atoms with van der Waals surface area (Å²) in [5.74, 6) is 0.998. The van der Waals surface area contributed by atoms with E-state index in [9.17, 15) is 0 Å². The van der Waals surface area contributed by atoms with E-state index in [-0.39, 0.29) is 0 Å². The molecule has 1 aliphatic heterocycles. The molecule has 1 atom stereocenters. The highest BCUT2D eigenvalue weighted by Crippen LogP contribution is 2.33. The molecule has 0 radical (unpaired) electrons. The number of rotatable bonds is 5. The Morgan fingerprint density at radius 2 is 1.68 bits per heavy atom. The van der Waals surface area contributed by atoms with Crippen molar-refractivity contribution in [3.8, 4) is 5.75 Å². The maximum atomic E-state index is 6.21. The van der Waals surface area contributed by atoms with E-state index in [1.165, 1.54) is 21.9 Å². The lowest BCUT2D eigenvalue weighted by atomic mass is 10.0. The Kier molecular flexibility index (Phi) is 3.53. The normalized spacial score (nSPS) is 16.6. The lowest BCUT2D eigenvalue weighted by Gasteiger charge is -2.14. The van der Waals surface area contributed by atoms with Gasteiger partial charge in [0, 0.05) is 11.8 Å². The summed E-state index contributed by atoms with van der Waals surface area (Å²) in [5.41, 5.74) is 2.42. The minimum atomic E-state index is 0.361. The highest BCUT2D eigenvalue weighted by Gasteiger charge is 2.24. The van der Waals surface area contributed by atoms with Gasteiger partial charge in [0.25, 0.3) is 0 Å². The molecule has 1 saturated heterocycles. The molecule has 0 N–H and O–H groups in total. The first kappa shape index (κ1) is 13.4. The van der Waals surface area contributed by atoms with Gasteiger partial charge in [-0.1, -0.05) is 66.7 Å². The fourth-order valence-electron chi connectivity index (χ4n) is 2.78. The first-order valence-electron chi connectivity index (χ1n) is 7.69. The third-order valence-electron chi connectivity index (χ3n) is 4.04. The van der Waals surface area contributed by atoms with E-state index in [4.69, 9.17) is 9.47 Å². The summed E-state index contributed by atoms with van der Waals surface area (Å²) in [7, 11) is 0. The molecule has 0 aliphatic carbocycles. The Morgan fingerprint density at radius 1 is 0.909 bits per heavy atom. The zero-order valence-corrected chi connectivity index (χ0v) is 12.4. The van der Waals surface area contributed by atoms with Crippen molar-refractivity contribution >= 4 is 10.8 Å². The Bertz CT molecular complexity index is 776.